The number of rotatable bonds is 3. The summed E-state index contributed by atoms with van der Waals surface area (Å²) in [7, 11) is 0. The van der Waals surface area contributed by atoms with E-state index in [-0.39, 0.29) is 11.3 Å². The molecule has 0 unspecified atom stereocenters. The lowest BCUT2D eigenvalue weighted by Gasteiger charge is -2.03. The number of halogens is 1. The molecule has 1 heterocycles. The van der Waals surface area contributed by atoms with Crippen LogP contribution in [-0.2, 0) is 4.89 Å². The molecule has 0 saturated carbocycles. The average molecular weight is 233 g/mol. The van der Waals surface area contributed by atoms with E-state index in [0.717, 1.165) is 0 Å². The molecule has 5 heteroatoms. The van der Waals surface area contributed by atoms with E-state index in [1.54, 1.807) is 12.1 Å². The smallest absolute Gasteiger partial charge is 0.287 e. The van der Waals surface area contributed by atoms with E-state index < -0.39 is 11.8 Å². The van der Waals surface area contributed by atoms with Crippen LogP contribution in [0.1, 0.15) is 10.4 Å². The first-order chi connectivity index (χ1) is 8.25. The van der Waals surface area contributed by atoms with E-state index >= 15 is 0 Å². The van der Waals surface area contributed by atoms with Gasteiger partial charge in [0, 0.05) is 12.4 Å². The molecular formula is C12H8FNO3. The van der Waals surface area contributed by atoms with Crippen molar-refractivity contribution < 1.29 is 19.0 Å². The van der Waals surface area contributed by atoms with E-state index in [0.29, 0.717) is 0 Å². The number of pyridine rings is 1. The summed E-state index contributed by atoms with van der Waals surface area (Å²) in [6.45, 7) is 0. The summed E-state index contributed by atoms with van der Waals surface area (Å²) >= 11 is 0. The number of nitrogens with zero attached hydrogens (tertiary/aromatic N) is 1. The molecule has 0 aliphatic rings. The van der Waals surface area contributed by atoms with Crippen molar-refractivity contribution in [2.24, 2.45) is 0 Å². The molecule has 0 amide bonds. The van der Waals surface area contributed by atoms with Gasteiger partial charge in [-0.15, -0.1) is 0 Å². The monoisotopic (exact) mass is 233 g/mol. The summed E-state index contributed by atoms with van der Waals surface area (Å²) in [5.41, 5.74) is 0.273. The first kappa shape index (κ1) is 11.1. The molecule has 86 valence electrons. The van der Waals surface area contributed by atoms with Gasteiger partial charge in [0.25, 0.3) is 0 Å². The number of benzene rings is 1. The lowest BCUT2D eigenvalue weighted by Crippen LogP contribution is -2.08. The Balaban J connectivity index is 1.95. The SMILES string of the molecule is O=C(OOc1ccc(F)cc1)c1cccnc1. The lowest BCUT2D eigenvalue weighted by molar-refractivity contribution is -0.149. The first-order valence-electron chi connectivity index (χ1n) is 4.80. The van der Waals surface area contributed by atoms with Crippen LogP contribution in [0.25, 0.3) is 0 Å². The van der Waals surface area contributed by atoms with Crippen LogP contribution in [0.4, 0.5) is 4.39 Å². The second kappa shape index (κ2) is 5.07. The number of aromatic nitrogens is 1. The van der Waals surface area contributed by atoms with Crippen molar-refractivity contribution >= 4 is 5.97 Å². The minimum Gasteiger partial charge on any atom is -0.287 e. The molecule has 0 aliphatic carbocycles. The molecule has 2 rings (SSSR count). The van der Waals surface area contributed by atoms with Gasteiger partial charge in [-0.25, -0.2) is 14.1 Å². The maximum absolute atomic E-state index is 12.6. The molecular weight excluding hydrogens is 225 g/mol. The topological polar surface area (TPSA) is 48.4 Å². The van der Waals surface area contributed by atoms with Gasteiger partial charge in [0.05, 0.1) is 5.56 Å². The Kier molecular flexibility index (Phi) is 3.30. The Bertz CT molecular complexity index is 499. The normalized spacial score (nSPS) is 9.71. The van der Waals surface area contributed by atoms with Gasteiger partial charge in [-0.05, 0) is 36.4 Å². The highest BCUT2D eigenvalue weighted by Gasteiger charge is 2.08. The molecule has 0 aliphatic heterocycles. The Hall–Kier alpha value is -2.43. The second-order valence-corrected chi connectivity index (χ2v) is 3.15. The predicted molar refractivity (Wildman–Crippen MR) is 56.7 cm³/mol. The molecule has 0 fully saturated rings. The van der Waals surface area contributed by atoms with Crippen LogP contribution in [0.15, 0.2) is 48.8 Å². The standard InChI is InChI=1S/C12H8FNO3/c13-10-3-5-11(6-4-10)16-17-12(15)9-2-1-7-14-8-9/h1-8H. The van der Waals surface area contributed by atoms with Gasteiger partial charge in [0.2, 0.25) is 0 Å². The van der Waals surface area contributed by atoms with Gasteiger partial charge in [0.15, 0.2) is 5.75 Å². The first-order valence-corrected chi connectivity index (χ1v) is 4.80. The molecule has 4 nitrogen and oxygen atoms in total. The van der Waals surface area contributed by atoms with E-state index in [2.05, 4.69) is 9.87 Å². The number of carbonyl (C=O) groups is 1. The van der Waals surface area contributed by atoms with Crippen molar-refractivity contribution in [3.05, 3.63) is 60.2 Å². The van der Waals surface area contributed by atoms with Gasteiger partial charge >= 0.3 is 5.97 Å². The Morgan fingerprint density at radius 3 is 2.59 bits per heavy atom. The van der Waals surface area contributed by atoms with Crippen LogP contribution in [0, 0.1) is 5.82 Å². The second-order valence-electron chi connectivity index (χ2n) is 3.15. The fraction of sp³-hybridized carbons (Fsp3) is 0. The van der Waals surface area contributed by atoms with Crippen LogP contribution in [0.5, 0.6) is 5.75 Å². The zero-order valence-electron chi connectivity index (χ0n) is 8.67. The highest BCUT2D eigenvalue weighted by Crippen LogP contribution is 2.12. The van der Waals surface area contributed by atoms with Gasteiger partial charge in [-0.3, -0.25) is 9.87 Å². The van der Waals surface area contributed by atoms with Crippen molar-refractivity contribution in [3.8, 4) is 5.75 Å². The van der Waals surface area contributed by atoms with Gasteiger partial charge < -0.3 is 0 Å². The minimum absolute atomic E-state index is 0.239. The highest BCUT2D eigenvalue weighted by atomic mass is 19.1. The molecule has 1 aromatic carbocycles. The molecule has 2 aromatic rings. The van der Waals surface area contributed by atoms with Crippen LogP contribution >= 0.6 is 0 Å². The molecule has 1 aromatic heterocycles. The third kappa shape index (κ3) is 3.01. The largest absolute Gasteiger partial charge is 0.387 e. The van der Waals surface area contributed by atoms with Crippen molar-refractivity contribution in [3.63, 3.8) is 0 Å². The Morgan fingerprint density at radius 2 is 1.94 bits per heavy atom. The van der Waals surface area contributed by atoms with Crippen molar-refractivity contribution in [1.29, 1.82) is 0 Å². The fourth-order valence-electron chi connectivity index (χ4n) is 1.11. The third-order valence-corrected chi connectivity index (χ3v) is 1.92. The summed E-state index contributed by atoms with van der Waals surface area (Å²) in [6.07, 6.45) is 2.90. The van der Waals surface area contributed by atoms with Crippen molar-refractivity contribution in [2.75, 3.05) is 0 Å². The molecule has 0 bridgehead atoms. The molecule has 0 atom stereocenters. The lowest BCUT2D eigenvalue weighted by atomic mass is 10.3. The van der Waals surface area contributed by atoms with Gasteiger partial charge in [0.1, 0.15) is 5.82 Å². The van der Waals surface area contributed by atoms with E-state index in [1.807, 2.05) is 0 Å². The maximum atomic E-state index is 12.6. The van der Waals surface area contributed by atoms with Gasteiger partial charge in [-0.1, -0.05) is 0 Å². The van der Waals surface area contributed by atoms with E-state index in [1.165, 1.54) is 36.7 Å². The summed E-state index contributed by atoms with van der Waals surface area (Å²) < 4.78 is 12.6. The summed E-state index contributed by atoms with van der Waals surface area (Å²) in [5.74, 6) is -0.818. The maximum Gasteiger partial charge on any atom is 0.387 e. The van der Waals surface area contributed by atoms with Crippen LogP contribution in [0.3, 0.4) is 0 Å². The number of hydrogen-bond donors (Lipinski definition) is 0. The zero-order chi connectivity index (χ0) is 12.1. The van der Waals surface area contributed by atoms with Crippen LogP contribution in [-0.4, -0.2) is 11.0 Å². The van der Waals surface area contributed by atoms with E-state index in [4.69, 9.17) is 4.89 Å². The number of hydrogen-bond acceptors (Lipinski definition) is 4. The summed E-state index contributed by atoms with van der Waals surface area (Å²) in [5, 5.41) is 0. The molecule has 0 saturated heterocycles. The van der Waals surface area contributed by atoms with Crippen molar-refractivity contribution in [1.82, 2.24) is 4.98 Å². The third-order valence-electron chi connectivity index (χ3n) is 1.92. The predicted octanol–water partition coefficient (Wildman–Crippen LogP) is 2.37. The molecule has 0 N–H and O–H groups in total. The Labute approximate surface area is 96.6 Å². The van der Waals surface area contributed by atoms with Crippen LogP contribution < -0.4 is 4.89 Å². The summed E-state index contributed by atoms with van der Waals surface area (Å²) in [4.78, 5) is 24.5. The summed E-state index contributed by atoms with van der Waals surface area (Å²) in [6, 6.07) is 8.26. The molecule has 17 heavy (non-hydrogen) atoms. The van der Waals surface area contributed by atoms with Crippen LogP contribution in [0.2, 0.25) is 0 Å². The Morgan fingerprint density at radius 1 is 1.18 bits per heavy atom. The molecule has 0 spiro atoms. The average Bonchev–Trinajstić information content (AvgIpc) is 2.39. The van der Waals surface area contributed by atoms with Gasteiger partial charge in [-0.2, -0.15) is 0 Å². The fourth-order valence-corrected chi connectivity index (χ4v) is 1.11. The zero-order valence-corrected chi connectivity index (χ0v) is 8.67. The van der Waals surface area contributed by atoms with Crippen molar-refractivity contribution in [2.45, 2.75) is 0 Å². The number of carbonyl (C=O) groups excluding carboxylic acids is 1. The molecule has 0 radical (unpaired) electrons. The minimum atomic E-state index is -0.664. The highest BCUT2D eigenvalue weighted by molar-refractivity contribution is 5.88. The van der Waals surface area contributed by atoms with E-state index in [9.17, 15) is 9.18 Å². The quantitative estimate of drug-likeness (QED) is 0.603.